The van der Waals surface area contributed by atoms with Crippen LogP contribution in [0.2, 0.25) is 0 Å². The van der Waals surface area contributed by atoms with Crippen LogP contribution in [0.15, 0.2) is 36.7 Å². The number of pyridine rings is 1. The summed E-state index contributed by atoms with van der Waals surface area (Å²) < 4.78 is 0. The van der Waals surface area contributed by atoms with E-state index in [0.29, 0.717) is 0 Å². The summed E-state index contributed by atoms with van der Waals surface area (Å²) in [4.78, 5) is 4.04. The van der Waals surface area contributed by atoms with E-state index >= 15 is 0 Å². The van der Waals surface area contributed by atoms with Crippen molar-refractivity contribution in [3.05, 3.63) is 42.2 Å². The fourth-order valence-corrected chi connectivity index (χ4v) is 1.57. The molecule has 0 bridgehead atoms. The van der Waals surface area contributed by atoms with Crippen molar-refractivity contribution in [3.8, 4) is 0 Å². The molecule has 0 saturated carbocycles. The number of aromatic nitrogens is 1. The minimum absolute atomic E-state index is 0.0402. The van der Waals surface area contributed by atoms with E-state index in [9.17, 15) is 0 Å². The largest absolute Gasteiger partial charge is 0.394 e. The molecule has 3 N–H and O–H groups in total. The van der Waals surface area contributed by atoms with E-state index in [1.807, 2.05) is 24.3 Å². The molecule has 0 unspecified atom stereocenters. The second kappa shape index (κ2) is 3.74. The Bertz CT molecular complexity index is 437. The highest BCUT2D eigenvalue weighted by molar-refractivity contribution is 5.85. The van der Waals surface area contributed by atoms with Crippen molar-refractivity contribution >= 4 is 10.8 Å². The number of hydrogen-bond acceptors (Lipinski definition) is 3. The molecule has 0 radical (unpaired) electrons. The first-order valence-corrected chi connectivity index (χ1v) is 4.52. The Labute approximate surface area is 82.2 Å². The molecule has 0 spiro atoms. The van der Waals surface area contributed by atoms with Gasteiger partial charge in [0.2, 0.25) is 0 Å². The topological polar surface area (TPSA) is 59.1 Å². The van der Waals surface area contributed by atoms with E-state index in [4.69, 9.17) is 10.8 Å². The molecule has 0 aliphatic heterocycles. The zero-order valence-electron chi connectivity index (χ0n) is 7.72. The van der Waals surface area contributed by atoms with Crippen molar-refractivity contribution in [1.29, 1.82) is 0 Å². The molecule has 0 aliphatic carbocycles. The first-order valence-electron chi connectivity index (χ1n) is 4.52. The third-order valence-electron chi connectivity index (χ3n) is 2.31. The Kier molecular flexibility index (Phi) is 2.43. The number of nitrogens with zero attached hydrogens (tertiary/aromatic N) is 1. The normalized spacial score (nSPS) is 13.0. The van der Waals surface area contributed by atoms with Gasteiger partial charge >= 0.3 is 0 Å². The van der Waals surface area contributed by atoms with Crippen LogP contribution < -0.4 is 5.73 Å². The summed E-state index contributed by atoms with van der Waals surface area (Å²) in [5.41, 5.74) is 6.76. The maximum absolute atomic E-state index is 9.01. The van der Waals surface area contributed by atoms with E-state index in [1.54, 1.807) is 12.4 Å². The molecule has 14 heavy (non-hydrogen) atoms. The van der Waals surface area contributed by atoms with E-state index in [-0.39, 0.29) is 12.6 Å². The van der Waals surface area contributed by atoms with Gasteiger partial charge in [0, 0.05) is 17.8 Å². The number of nitrogens with two attached hydrogens (primary N) is 1. The molecule has 1 heterocycles. The average molecular weight is 188 g/mol. The van der Waals surface area contributed by atoms with Gasteiger partial charge in [-0.2, -0.15) is 0 Å². The summed E-state index contributed by atoms with van der Waals surface area (Å²) >= 11 is 0. The molecule has 3 nitrogen and oxygen atoms in total. The number of benzene rings is 1. The fraction of sp³-hybridized carbons (Fsp3) is 0.182. The molecule has 1 atom stereocenters. The van der Waals surface area contributed by atoms with Crippen LogP contribution in [0.3, 0.4) is 0 Å². The van der Waals surface area contributed by atoms with Crippen LogP contribution in [0, 0.1) is 0 Å². The van der Waals surface area contributed by atoms with Gasteiger partial charge in [0.05, 0.1) is 12.6 Å². The van der Waals surface area contributed by atoms with E-state index in [1.165, 1.54) is 0 Å². The smallest absolute Gasteiger partial charge is 0.0624 e. The third-order valence-corrected chi connectivity index (χ3v) is 2.31. The van der Waals surface area contributed by atoms with Gasteiger partial charge in [-0.05, 0) is 17.0 Å². The van der Waals surface area contributed by atoms with Crippen molar-refractivity contribution < 1.29 is 5.11 Å². The Morgan fingerprint density at radius 3 is 3.00 bits per heavy atom. The summed E-state index contributed by atoms with van der Waals surface area (Å²) in [7, 11) is 0. The van der Waals surface area contributed by atoms with Crippen LogP contribution in [-0.2, 0) is 0 Å². The lowest BCUT2D eigenvalue weighted by Gasteiger charge is -2.11. The van der Waals surface area contributed by atoms with E-state index in [0.717, 1.165) is 16.3 Å². The van der Waals surface area contributed by atoms with Crippen molar-refractivity contribution in [3.63, 3.8) is 0 Å². The van der Waals surface area contributed by atoms with Crippen LogP contribution in [0.5, 0.6) is 0 Å². The second-order valence-corrected chi connectivity index (χ2v) is 3.23. The summed E-state index contributed by atoms with van der Waals surface area (Å²) in [5.74, 6) is 0. The number of aliphatic hydroxyl groups is 1. The number of fused-ring (bicyclic) bond motifs is 1. The summed E-state index contributed by atoms with van der Waals surface area (Å²) in [5, 5.41) is 11.1. The van der Waals surface area contributed by atoms with E-state index in [2.05, 4.69) is 4.98 Å². The highest BCUT2D eigenvalue weighted by Crippen LogP contribution is 2.21. The van der Waals surface area contributed by atoms with Gasteiger partial charge in [-0.3, -0.25) is 4.98 Å². The molecule has 0 aliphatic rings. The third kappa shape index (κ3) is 1.47. The molecular formula is C11H12N2O. The van der Waals surface area contributed by atoms with Gasteiger partial charge in [-0.1, -0.05) is 18.2 Å². The fourth-order valence-electron chi connectivity index (χ4n) is 1.57. The molecule has 3 heteroatoms. The van der Waals surface area contributed by atoms with Crippen molar-refractivity contribution in [2.75, 3.05) is 6.61 Å². The zero-order valence-corrected chi connectivity index (χ0v) is 7.72. The lowest BCUT2D eigenvalue weighted by molar-refractivity contribution is 0.268. The second-order valence-electron chi connectivity index (χ2n) is 3.23. The number of rotatable bonds is 2. The highest BCUT2D eigenvalue weighted by atomic mass is 16.3. The number of aliphatic hydroxyl groups excluding tert-OH is 1. The molecule has 0 fully saturated rings. The first kappa shape index (κ1) is 9.12. The molecule has 0 saturated heterocycles. The Morgan fingerprint density at radius 1 is 1.36 bits per heavy atom. The van der Waals surface area contributed by atoms with Gasteiger partial charge < -0.3 is 10.8 Å². The minimum Gasteiger partial charge on any atom is -0.394 e. The number of hydrogen-bond donors (Lipinski definition) is 2. The quantitative estimate of drug-likeness (QED) is 0.745. The maximum Gasteiger partial charge on any atom is 0.0624 e. The highest BCUT2D eigenvalue weighted by Gasteiger charge is 2.07. The molecule has 72 valence electrons. The molecule has 1 aromatic carbocycles. The zero-order chi connectivity index (χ0) is 9.97. The van der Waals surface area contributed by atoms with Crippen LogP contribution in [0.1, 0.15) is 11.6 Å². The van der Waals surface area contributed by atoms with Crippen molar-refractivity contribution in [1.82, 2.24) is 4.98 Å². The molecule has 0 amide bonds. The summed E-state index contributed by atoms with van der Waals surface area (Å²) in [6.45, 7) is -0.0402. The molecule has 2 rings (SSSR count). The van der Waals surface area contributed by atoms with Gasteiger partial charge in [-0.15, -0.1) is 0 Å². The Morgan fingerprint density at radius 2 is 2.21 bits per heavy atom. The predicted molar refractivity (Wildman–Crippen MR) is 55.8 cm³/mol. The van der Waals surface area contributed by atoms with Crippen molar-refractivity contribution in [2.24, 2.45) is 5.73 Å². The molecular weight excluding hydrogens is 176 g/mol. The first-order chi connectivity index (χ1) is 6.83. The molecule has 2 aromatic rings. The van der Waals surface area contributed by atoms with Gasteiger partial charge in [-0.25, -0.2) is 0 Å². The van der Waals surface area contributed by atoms with Crippen LogP contribution in [0.4, 0.5) is 0 Å². The van der Waals surface area contributed by atoms with Gasteiger partial charge in [0.25, 0.3) is 0 Å². The van der Waals surface area contributed by atoms with Gasteiger partial charge in [0.15, 0.2) is 0 Å². The molecule has 1 aromatic heterocycles. The standard InChI is InChI=1S/C11H12N2O/c12-11(7-14)10-3-1-2-8-6-13-5-4-9(8)10/h1-6,11,14H,7,12H2/t11-/m0/s1. The lowest BCUT2D eigenvalue weighted by atomic mass is 10.0. The summed E-state index contributed by atoms with van der Waals surface area (Å²) in [6.07, 6.45) is 3.53. The predicted octanol–water partition coefficient (Wildman–Crippen LogP) is 1.23. The maximum atomic E-state index is 9.01. The van der Waals surface area contributed by atoms with Crippen LogP contribution >= 0.6 is 0 Å². The summed E-state index contributed by atoms with van der Waals surface area (Å²) in [6, 6.07) is 7.44. The van der Waals surface area contributed by atoms with Crippen LogP contribution in [0.25, 0.3) is 10.8 Å². The van der Waals surface area contributed by atoms with Gasteiger partial charge in [0.1, 0.15) is 0 Å². The minimum atomic E-state index is -0.318. The van der Waals surface area contributed by atoms with Crippen molar-refractivity contribution in [2.45, 2.75) is 6.04 Å². The lowest BCUT2D eigenvalue weighted by Crippen LogP contribution is -2.14. The Hall–Kier alpha value is -1.45. The monoisotopic (exact) mass is 188 g/mol. The Balaban J connectivity index is 2.65. The van der Waals surface area contributed by atoms with Crippen LogP contribution in [-0.4, -0.2) is 16.7 Å². The van der Waals surface area contributed by atoms with E-state index < -0.39 is 0 Å². The average Bonchev–Trinajstić information content (AvgIpc) is 2.27. The SMILES string of the molecule is N[C@@H](CO)c1cccc2cnccc12.